The second-order valence-electron chi connectivity index (χ2n) is 13.1. The van der Waals surface area contributed by atoms with E-state index >= 15 is 0 Å². The van der Waals surface area contributed by atoms with Crippen LogP contribution in [0.3, 0.4) is 0 Å². The summed E-state index contributed by atoms with van der Waals surface area (Å²) in [4.78, 5) is 42.2. The summed E-state index contributed by atoms with van der Waals surface area (Å²) in [5.41, 5.74) is -0.278. The van der Waals surface area contributed by atoms with Crippen LogP contribution in [0.5, 0.6) is 0 Å². The number of rotatable bonds is 6. The zero-order chi connectivity index (χ0) is 33.3. The molecule has 0 bridgehead atoms. The number of hydrogen-bond donors (Lipinski definition) is 3. The highest BCUT2D eigenvalue weighted by Gasteiger charge is 2.60. The van der Waals surface area contributed by atoms with Gasteiger partial charge in [0, 0.05) is 42.9 Å². The minimum atomic E-state index is -1.58. The van der Waals surface area contributed by atoms with Gasteiger partial charge >= 0.3 is 17.9 Å². The first-order valence-electron chi connectivity index (χ1n) is 16.0. The largest absolute Gasteiger partial charge is 0.457 e. The van der Waals surface area contributed by atoms with Crippen molar-refractivity contribution in [3.05, 3.63) is 83.7 Å². The van der Waals surface area contributed by atoms with Crippen molar-refractivity contribution in [2.75, 3.05) is 7.11 Å². The zero-order valence-corrected chi connectivity index (χ0v) is 27.2. The molecule has 3 N–H and O–H groups in total. The van der Waals surface area contributed by atoms with Crippen molar-refractivity contribution in [3.63, 3.8) is 0 Å². The number of carbonyl (C=O) groups excluding carboxylic acids is 3. The zero-order valence-electron chi connectivity index (χ0n) is 27.2. The van der Waals surface area contributed by atoms with Crippen LogP contribution in [0.1, 0.15) is 61.9 Å². The summed E-state index contributed by atoms with van der Waals surface area (Å²) in [5, 5.41) is 24.8. The quantitative estimate of drug-likeness (QED) is 0.238. The van der Waals surface area contributed by atoms with Crippen LogP contribution in [0.15, 0.2) is 72.5 Å². The van der Waals surface area contributed by atoms with Crippen LogP contribution >= 0.6 is 0 Å². The van der Waals surface area contributed by atoms with Gasteiger partial charge in [0.05, 0.1) is 17.3 Å². The lowest BCUT2D eigenvalue weighted by Crippen LogP contribution is -2.63. The van der Waals surface area contributed by atoms with Crippen molar-refractivity contribution in [2.24, 2.45) is 35.5 Å². The van der Waals surface area contributed by atoms with Crippen LogP contribution in [0.25, 0.3) is 0 Å². The van der Waals surface area contributed by atoms with Gasteiger partial charge in [-0.1, -0.05) is 57.2 Å². The Kier molecular flexibility index (Phi) is 9.91. The number of hydrogen-bond acceptors (Lipinski definition) is 9. The van der Waals surface area contributed by atoms with E-state index in [2.05, 4.69) is 4.98 Å². The van der Waals surface area contributed by atoms with Crippen LogP contribution in [0.4, 0.5) is 0 Å². The molecule has 2 aromatic rings. The molecule has 10 nitrogen and oxygen atoms in total. The van der Waals surface area contributed by atoms with E-state index in [1.807, 2.05) is 45.9 Å². The highest BCUT2D eigenvalue weighted by Crippen LogP contribution is 2.54. The normalized spacial score (nSPS) is 37.8. The number of methoxy groups -OCH3 is 1. The molecule has 0 amide bonds. The van der Waals surface area contributed by atoms with Crippen LogP contribution in [-0.4, -0.2) is 76.3 Å². The molecule has 1 aromatic carbocycles. The second kappa shape index (κ2) is 13.6. The first-order chi connectivity index (χ1) is 21.9. The second-order valence-corrected chi connectivity index (χ2v) is 13.1. The summed E-state index contributed by atoms with van der Waals surface area (Å²) < 4.78 is 23.3. The lowest BCUT2D eigenvalue weighted by Gasteiger charge is -2.57. The average molecular weight is 636 g/mol. The van der Waals surface area contributed by atoms with Gasteiger partial charge in [0.25, 0.3) is 0 Å². The van der Waals surface area contributed by atoms with Crippen LogP contribution in [0, 0.1) is 35.5 Å². The molecule has 5 rings (SSSR count). The standard InChI is InChI=1S/C36H45NO9/c1-19-17-20(2)36(42)25(18-28(43-6)35(41)45-31(19)23(5)44-33(39)24-11-8-7-9-12-24)14-15-26-21(3)32(22(4)30(38)29(26)36)46-34(40)27-13-10-16-37-27/h7-17,19,21-23,25-26,28-32,37-38,42H,18H2,1-6H3/b20-17+/t19-,21-,22-,23-,25-,26+,28+,29+,30-,31+,32+,36+/m1/s1. The molecule has 248 valence electrons. The van der Waals surface area contributed by atoms with E-state index in [1.165, 1.54) is 7.11 Å². The molecule has 2 aliphatic carbocycles. The number of aliphatic hydroxyl groups is 2. The highest BCUT2D eigenvalue weighted by atomic mass is 16.6. The number of cyclic esters (lactones) is 1. The summed E-state index contributed by atoms with van der Waals surface area (Å²) in [6.45, 7) is 9.13. The Bertz CT molecular complexity index is 1450. The van der Waals surface area contributed by atoms with E-state index in [4.69, 9.17) is 18.9 Å². The molecular formula is C36H45NO9. The molecular weight excluding hydrogens is 590 g/mol. The number of esters is 3. The number of aromatic amines is 1. The van der Waals surface area contributed by atoms with Crippen molar-refractivity contribution in [1.82, 2.24) is 4.98 Å². The molecule has 2 heterocycles. The fraction of sp³-hybridized carbons (Fsp3) is 0.528. The van der Waals surface area contributed by atoms with Crippen LogP contribution in [-0.2, 0) is 23.7 Å². The molecule has 1 aromatic heterocycles. The summed E-state index contributed by atoms with van der Waals surface area (Å²) in [6.07, 6.45) is 3.05. The maximum atomic E-state index is 13.5. The van der Waals surface area contributed by atoms with E-state index in [-0.39, 0.29) is 18.3 Å². The van der Waals surface area contributed by atoms with Crippen molar-refractivity contribution >= 4 is 17.9 Å². The molecule has 1 saturated carbocycles. The molecule has 1 fully saturated rings. The van der Waals surface area contributed by atoms with Crippen molar-refractivity contribution in [2.45, 2.75) is 77.2 Å². The number of aromatic nitrogens is 1. The van der Waals surface area contributed by atoms with E-state index < -0.39 is 77.7 Å². The third-order valence-corrected chi connectivity index (χ3v) is 10.4. The maximum Gasteiger partial charge on any atom is 0.355 e. The first kappa shape index (κ1) is 33.6. The molecule has 46 heavy (non-hydrogen) atoms. The van der Waals surface area contributed by atoms with E-state index in [1.54, 1.807) is 55.6 Å². The number of ether oxygens (including phenoxy) is 4. The number of fused-ring (bicyclic) bond motifs is 3. The minimum absolute atomic E-state index is 0.0940. The molecule has 1 aliphatic heterocycles. The van der Waals surface area contributed by atoms with Crippen molar-refractivity contribution in [3.8, 4) is 0 Å². The minimum Gasteiger partial charge on any atom is -0.457 e. The number of allylic oxidation sites excluding steroid dienone is 1. The van der Waals surface area contributed by atoms with Gasteiger partial charge in [-0.25, -0.2) is 14.4 Å². The fourth-order valence-corrected chi connectivity index (χ4v) is 7.81. The molecule has 0 unspecified atom stereocenters. The molecule has 0 radical (unpaired) electrons. The Hall–Kier alpha value is -3.73. The molecule has 0 saturated heterocycles. The van der Waals surface area contributed by atoms with Crippen LogP contribution < -0.4 is 0 Å². The predicted octanol–water partition coefficient (Wildman–Crippen LogP) is 4.49. The average Bonchev–Trinajstić information content (AvgIpc) is 3.59. The topological polar surface area (TPSA) is 144 Å². The van der Waals surface area contributed by atoms with Gasteiger partial charge in [-0.15, -0.1) is 0 Å². The van der Waals surface area contributed by atoms with Crippen molar-refractivity contribution < 1.29 is 43.5 Å². The lowest BCUT2D eigenvalue weighted by atomic mass is 9.53. The Balaban J connectivity index is 1.48. The smallest absolute Gasteiger partial charge is 0.355 e. The monoisotopic (exact) mass is 635 g/mol. The molecule has 10 heteroatoms. The number of aliphatic hydroxyl groups excluding tert-OH is 1. The van der Waals surface area contributed by atoms with Gasteiger partial charge < -0.3 is 34.1 Å². The fourth-order valence-electron chi connectivity index (χ4n) is 7.81. The van der Waals surface area contributed by atoms with Crippen LogP contribution in [0.2, 0.25) is 0 Å². The van der Waals surface area contributed by atoms with Gasteiger partial charge in [0.2, 0.25) is 0 Å². The van der Waals surface area contributed by atoms with Gasteiger partial charge in [-0.3, -0.25) is 0 Å². The molecule has 12 atom stereocenters. The Labute approximate surface area is 269 Å². The van der Waals surface area contributed by atoms with Crippen molar-refractivity contribution in [1.29, 1.82) is 0 Å². The number of benzene rings is 1. The van der Waals surface area contributed by atoms with Gasteiger partial charge in [-0.2, -0.15) is 0 Å². The third-order valence-electron chi connectivity index (χ3n) is 10.4. The summed E-state index contributed by atoms with van der Waals surface area (Å²) in [7, 11) is 1.41. The summed E-state index contributed by atoms with van der Waals surface area (Å²) in [6, 6.07) is 11.9. The Morgan fingerprint density at radius 1 is 1.04 bits per heavy atom. The number of nitrogens with one attached hydrogen (secondary N) is 1. The van der Waals surface area contributed by atoms with Gasteiger partial charge in [0.1, 0.15) is 24.0 Å². The summed E-state index contributed by atoms with van der Waals surface area (Å²) in [5.74, 6) is -4.51. The van der Waals surface area contributed by atoms with E-state index in [9.17, 15) is 24.6 Å². The molecule has 3 aliphatic rings. The van der Waals surface area contributed by atoms with Gasteiger partial charge in [-0.05, 0) is 56.0 Å². The third kappa shape index (κ3) is 6.18. The van der Waals surface area contributed by atoms with E-state index in [0.717, 1.165) is 0 Å². The number of carbonyl (C=O) groups is 3. The Morgan fingerprint density at radius 2 is 1.76 bits per heavy atom. The maximum absolute atomic E-state index is 13.5. The highest BCUT2D eigenvalue weighted by molar-refractivity contribution is 5.89. The molecule has 0 spiro atoms. The summed E-state index contributed by atoms with van der Waals surface area (Å²) >= 11 is 0. The predicted molar refractivity (Wildman–Crippen MR) is 168 cm³/mol. The Morgan fingerprint density at radius 3 is 2.41 bits per heavy atom. The van der Waals surface area contributed by atoms with E-state index in [0.29, 0.717) is 16.8 Å². The first-order valence-corrected chi connectivity index (χ1v) is 16.0. The SMILES string of the molecule is CO[C@H]1C[C@H]2C=C[C@H]3[C@@H](C)[C@H](OC(=O)c4ccc[nH]4)[C@H](C)[C@@H](O)[C@H]3[C@]2(O)/C(C)=C/[C@@H](C)[C@@H]([C@@H](C)OC(=O)c2ccccc2)OC1=O. The number of H-pyrrole nitrogens is 1. The lowest BCUT2D eigenvalue weighted by molar-refractivity contribution is -0.183. The van der Waals surface area contributed by atoms with Gasteiger partial charge in [0.15, 0.2) is 6.10 Å².